The van der Waals surface area contributed by atoms with E-state index in [0.717, 1.165) is 0 Å². The molecule has 0 fully saturated rings. The van der Waals surface area contributed by atoms with Crippen LogP contribution in [0.15, 0.2) is 24.3 Å². The predicted molar refractivity (Wildman–Crippen MR) is 61.9 cm³/mol. The standard InChI is InChI=1S/C11H14N2O4/c14-11(15)6-8-12-7-5-9-3-1-2-4-10(9)13(16)17/h1-4,12H,5-8H2,(H,14,15). The van der Waals surface area contributed by atoms with Crippen LogP contribution in [0.25, 0.3) is 0 Å². The number of nitro benzene ring substituents is 1. The van der Waals surface area contributed by atoms with E-state index in [1.165, 1.54) is 6.07 Å². The quantitative estimate of drug-likeness (QED) is 0.423. The van der Waals surface area contributed by atoms with Crippen molar-refractivity contribution in [2.75, 3.05) is 13.1 Å². The molecule has 0 aliphatic carbocycles. The number of rotatable bonds is 7. The van der Waals surface area contributed by atoms with Gasteiger partial charge in [0.2, 0.25) is 0 Å². The van der Waals surface area contributed by atoms with Crippen LogP contribution in [0.4, 0.5) is 5.69 Å². The molecule has 1 aromatic rings. The van der Waals surface area contributed by atoms with Crippen molar-refractivity contribution >= 4 is 11.7 Å². The minimum absolute atomic E-state index is 0.0525. The van der Waals surface area contributed by atoms with Crippen LogP contribution in [-0.2, 0) is 11.2 Å². The molecule has 0 bridgehead atoms. The van der Waals surface area contributed by atoms with E-state index < -0.39 is 10.9 Å². The summed E-state index contributed by atoms with van der Waals surface area (Å²) in [5, 5.41) is 22.1. The third-order valence-corrected chi connectivity index (χ3v) is 2.28. The Balaban J connectivity index is 2.41. The van der Waals surface area contributed by atoms with Crippen LogP contribution >= 0.6 is 0 Å². The van der Waals surface area contributed by atoms with E-state index >= 15 is 0 Å². The Labute approximate surface area is 98.4 Å². The number of hydrogen-bond acceptors (Lipinski definition) is 4. The number of carboxylic acids is 1. The van der Waals surface area contributed by atoms with Crippen molar-refractivity contribution in [3.8, 4) is 0 Å². The SMILES string of the molecule is O=C(O)CCNCCc1ccccc1[N+](=O)[O-]. The van der Waals surface area contributed by atoms with Gasteiger partial charge in [-0.2, -0.15) is 0 Å². The van der Waals surface area contributed by atoms with Crippen molar-refractivity contribution in [1.82, 2.24) is 5.32 Å². The number of para-hydroxylation sites is 1. The summed E-state index contributed by atoms with van der Waals surface area (Å²) in [7, 11) is 0. The summed E-state index contributed by atoms with van der Waals surface area (Å²) < 4.78 is 0. The molecule has 0 amide bonds. The van der Waals surface area contributed by atoms with Gasteiger partial charge in [0, 0.05) is 18.2 Å². The van der Waals surface area contributed by atoms with Crippen LogP contribution in [0.3, 0.4) is 0 Å². The van der Waals surface area contributed by atoms with Gasteiger partial charge in [0.05, 0.1) is 11.3 Å². The van der Waals surface area contributed by atoms with E-state index in [4.69, 9.17) is 5.11 Å². The average Bonchev–Trinajstić information content (AvgIpc) is 2.28. The zero-order chi connectivity index (χ0) is 12.7. The van der Waals surface area contributed by atoms with Crippen LogP contribution in [0.1, 0.15) is 12.0 Å². The zero-order valence-corrected chi connectivity index (χ0v) is 9.26. The van der Waals surface area contributed by atoms with Gasteiger partial charge in [0.25, 0.3) is 5.69 Å². The van der Waals surface area contributed by atoms with E-state index in [-0.39, 0.29) is 12.1 Å². The fourth-order valence-corrected chi connectivity index (χ4v) is 1.44. The number of nitro groups is 1. The van der Waals surface area contributed by atoms with Crippen molar-refractivity contribution in [1.29, 1.82) is 0 Å². The van der Waals surface area contributed by atoms with Gasteiger partial charge in [-0.3, -0.25) is 14.9 Å². The number of benzene rings is 1. The number of hydrogen-bond donors (Lipinski definition) is 2. The van der Waals surface area contributed by atoms with E-state index in [1.54, 1.807) is 18.2 Å². The third kappa shape index (κ3) is 4.60. The first-order chi connectivity index (χ1) is 8.11. The van der Waals surface area contributed by atoms with Crippen LogP contribution in [0, 0.1) is 10.1 Å². The van der Waals surface area contributed by atoms with Gasteiger partial charge in [0.15, 0.2) is 0 Å². The molecule has 0 radical (unpaired) electrons. The predicted octanol–water partition coefficient (Wildman–Crippen LogP) is 1.20. The number of carboxylic acid groups (broad SMARTS) is 1. The molecule has 6 heteroatoms. The molecule has 0 atom stereocenters. The average molecular weight is 238 g/mol. The second-order valence-electron chi connectivity index (χ2n) is 3.53. The molecule has 0 aliphatic heterocycles. The topological polar surface area (TPSA) is 92.5 Å². The molecule has 0 spiro atoms. The second-order valence-corrected chi connectivity index (χ2v) is 3.53. The Morgan fingerprint density at radius 1 is 1.35 bits per heavy atom. The van der Waals surface area contributed by atoms with Crippen molar-refractivity contribution in [2.24, 2.45) is 0 Å². The maximum Gasteiger partial charge on any atom is 0.304 e. The molecule has 92 valence electrons. The van der Waals surface area contributed by atoms with E-state index in [1.807, 2.05) is 0 Å². The highest BCUT2D eigenvalue weighted by molar-refractivity contribution is 5.66. The van der Waals surface area contributed by atoms with Crippen molar-refractivity contribution in [2.45, 2.75) is 12.8 Å². The van der Waals surface area contributed by atoms with Crippen molar-refractivity contribution in [3.05, 3.63) is 39.9 Å². The van der Waals surface area contributed by atoms with Crippen molar-refractivity contribution < 1.29 is 14.8 Å². The smallest absolute Gasteiger partial charge is 0.304 e. The van der Waals surface area contributed by atoms with Gasteiger partial charge in [0.1, 0.15) is 0 Å². The minimum atomic E-state index is -0.858. The van der Waals surface area contributed by atoms with Crippen LogP contribution < -0.4 is 5.32 Å². The van der Waals surface area contributed by atoms with Gasteiger partial charge in [-0.25, -0.2) is 0 Å². The molecule has 0 aromatic heterocycles. The summed E-state index contributed by atoms with van der Waals surface area (Å²) in [5.74, 6) is -0.858. The van der Waals surface area contributed by atoms with Gasteiger partial charge in [-0.15, -0.1) is 0 Å². The fourth-order valence-electron chi connectivity index (χ4n) is 1.44. The highest BCUT2D eigenvalue weighted by Crippen LogP contribution is 2.17. The summed E-state index contributed by atoms with van der Waals surface area (Å²) in [6.07, 6.45) is 0.563. The Morgan fingerprint density at radius 2 is 2.06 bits per heavy atom. The van der Waals surface area contributed by atoms with Gasteiger partial charge in [-0.1, -0.05) is 18.2 Å². The summed E-state index contributed by atoms with van der Waals surface area (Å²) in [6, 6.07) is 6.54. The molecule has 0 unspecified atom stereocenters. The fraction of sp³-hybridized carbons (Fsp3) is 0.364. The lowest BCUT2D eigenvalue weighted by atomic mass is 10.1. The van der Waals surface area contributed by atoms with Crippen LogP contribution in [0.2, 0.25) is 0 Å². The number of aliphatic carboxylic acids is 1. The molecule has 0 saturated carbocycles. The lowest BCUT2D eigenvalue weighted by molar-refractivity contribution is -0.385. The second kappa shape index (κ2) is 6.59. The highest BCUT2D eigenvalue weighted by atomic mass is 16.6. The molecule has 2 N–H and O–H groups in total. The Morgan fingerprint density at radius 3 is 2.71 bits per heavy atom. The molecule has 6 nitrogen and oxygen atoms in total. The summed E-state index contributed by atoms with van der Waals surface area (Å²) in [5.41, 5.74) is 0.757. The maximum absolute atomic E-state index is 10.7. The molecule has 1 aromatic carbocycles. The molecule has 0 saturated heterocycles. The summed E-state index contributed by atoms with van der Waals surface area (Å²) in [6.45, 7) is 0.897. The molecule has 1 rings (SSSR count). The molecule has 17 heavy (non-hydrogen) atoms. The lowest BCUT2D eigenvalue weighted by Gasteiger charge is -2.04. The van der Waals surface area contributed by atoms with Gasteiger partial charge in [-0.05, 0) is 13.0 Å². The molecular weight excluding hydrogens is 224 g/mol. The Bertz CT molecular complexity index is 406. The van der Waals surface area contributed by atoms with Crippen LogP contribution in [-0.4, -0.2) is 29.1 Å². The van der Waals surface area contributed by atoms with Gasteiger partial charge >= 0.3 is 5.97 Å². The van der Waals surface area contributed by atoms with E-state index in [2.05, 4.69) is 5.32 Å². The van der Waals surface area contributed by atoms with E-state index in [0.29, 0.717) is 25.1 Å². The largest absolute Gasteiger partial charge is 0.481 e. The number of nitrogens with one attached hydrogen (secondary N) is 1. The minimum Gasteiger partial charge on any atom is -0.481 e. The third-order valence-electron chi connectivity index (χ3n) is 2.28. The molecule has 0 heterocycles. The highest BCUT2D eigenvalue weighted by Gasteiger charge is 2.11. The Hall–Kier alpha value is -1.95. The van der Waals surface area contributed by atoms with Gasteiger partial charge < -0.3 is 10.4 Å². The van der Waals surface area contributed by atoms with Crippen molar-refractivity contribution in [3.63, 3.8) is 0 Å². The number of carbonyl (C=O) groups is 1. The monoisotopic (exact) mass is 238 g/mol. The molecular formula is C11H14N2O4. The first-order valence-electron chi connectivity index (χ1n) is 5.26. The summed E-state index contributed by atoms with van der Waals surface area (Å²) in [4.78, 5) is 20.5. The van der Waals surface area contributed by atoms with Crippen LogP contribution in [0.5, 0.6) is 0 Å². The Kier molecular flexibility index (Phi) is 5.09. The normalized spacial score (nSPS) is 10.1. The number of nitrogens with zero attached hydrogens (tertiary/aromatic N) is 1. The molecule has 0 aliphatic rings. The zero-order valence-electron chi connectivity index (χ0n) is 9.26. The first-order valence-corrected chi connectivity index (χ1v) is 5.26. The van der Waals surface area contributed by atoms with E-state index in [9.17, 15) is 14.9 Å². The lowest BCUT2D eigenvalue weighted by Crippen LogP contribution is -2.21. The summed E-state index contributed by atoms with van der Waals surface area (Å²) >= 11 is 0. The first kappa shape index (κ1) is 13.1. The maximum atomic E-state index is 10.7.